The molecule has 0 aromatic heterocycles. The van der Waals surface area contributed by atoms with E-state index in [4.69, 9.17) is 0 Å². The molecule has 2 aliphatic rings. The van der Waals surface area contributed by atoms with Gasteiger partial charge in [0.15, 0.2) is 5.78 Å². The summed E-state index contributed by atoms with van der Waals surface area (Å²) in [6, 6.07) is 0.248. The molecule has 1 amide bonds. The normalized spacial score (nSPS) is 28.0. The second kappa shape index (κ2) is 7.39. The average molecular weight is 294 g/mol. The van der Waals surface area contributed by atoms with E-state index >= 15 is 0 Å². The summed E-state index contributed by atoms with van der Waals surface area (Å²) in [7, 11) is 0. The Balaban J connectivity index is 1.90. The third-order valence-electron chi connectivity index (χ3n) is 5.13. The number of piperidine rings is 1. The summed E-state index contributed by atoms with van der Waals surface area (Å²) in [6.45, 7) is 7.00. The van der Waals surface area contributed by atoms with Crippen molar-refractivity contribution in [1.82, 2.24) is 10.2 Å². The Hall–Kier alpha value is -0.900. The smallest absolute Gasteiger partial charge is 0.234 e. The van der Waals surface area contributed by atoms with E-state index in [9.17, 15) is 9.59 Å². The third-order valence-corrected chi connectivity index (χ3v) is 5.13. The van der Waals surface area contributed by atoms with Gasteiger partial charge in [-0.3, -0.25) is 14.5 Å². The van der Waals surface area contributed by atoms with E-state index in [1.54, 1.807) is 6.92 Å². The van der Waals surface area contributed by atoms with E-state index in [1.165, 1.54) is 38.5 Å². The van der Waals surface area contributed by atoms with Gasteiger partial charge >= 0.3 is 0 Å². The molecule has 0 spiro atoms. The van der Waals surface area contributed by atoms with Crippen LogP contribution in [-0.4, -0.2) is 41.8 Å². The predicted molar refractivity (Wildman–Crippen MR) is 84.0 cm³/mol. The first-order valence-corrected chi connectivity index (χ1v) is 8.53. The molecule has 0 aromatic carbocycles. The van der Waals surface area contributed by atoms with Crippen molar-refractivity contribution in [2.24, 2.45) is 11.8 Å². The highest BCUT2D eigenvalue weighted by Gasteiger charge is 2.34. The van der Waals surface area contributed by atoms with Gasteiger partial charge in [-0.2, -0.15) is 0 Å². The molecule has 4 heteroatoms. The van der Waals surface area contributed by atoms with Crippen LogP contribution in [0.4, 0.5) is 0 Å². The van der Waals surface area contributed by atoms with Crippen LogP contribution in [-0.2, 0) is 9.59 Å². The summed E-state index contributed by atoms with van der Waals surface area (Å²) in [4.78, 5) is 26.3. The fraction of sp³-hybridized carbons (Fsp3) is 0.882. The van der Waals surface area contributed by atoms with Crippen molar-refractivity contribution in [1.29, 1.82) is 0 Å². The van der Waals surface area contributed by atoms with Gasteiger partial charge in [-0.25, -0.2) is 0 Å². The van der Waals surface area contributed by atoms with Crippen molar-refractivity contribution in [3.8, 4) is 0 Å². The molecule has 2 rings (SSSR count). The predicted octanol–water partition coefficient (Wildman–Crippen LogP) is 2.37. The van der Waals surface area contributed by atoms with Gasteiger partial charge < -0.3 is 5.32 Å². The van der Waals surface area contributed by atoms with Crippen molar-refractivity contribution < 1.29 is 9.59 Å². The number of nitrogens with one attached hydrogen (secondary N) is 1. The van der Waals surface area contributed by atoms with Crippen molar-refractivity contribution in [3.05, 3.63) is 0 Å². The first-order valence-electron chi connectivity index (χ1n) is 8.53. The van der Waals surface area contributed by atoms with Crippen LogP contribution in [0, 0.1) is 11.8 Å². The van der Waals surface area contributed by atoms with E-state index in [-0.39, 0.29) is 23.7 Å². The van der Waals surface area contributed by atoms with Crippen LogP contribution in [0.3, 0.4) is 0 Å². The molecule has 1 N–H and O–H groups in total. The Morgan fingerprint density at radius 3 is 2.48 bits per heavy atom. The van der Waals surface area contributed by atoms with Gasteiger partial charge in [0.2, 0.25) is 5.91 Å². The lowest BCUT2D eigenvalue weighted by Gasteiger charge is -2.44. The van der Waals surface area contributed by atoms with Crippen LogP contribution in [0.25, 0.3) is 0 Å². The first kappa shape index (κ1) is 16.5. The van der Waals surface area contributed by atoms with E-state index in [1.807, 2.05) is 13.8 Å². The molecule has 1 aliphatic carbocycles. The largest absolute Gasteiger partial charge is 0.345 e. The van der Waals surface area contributed by atoms with Gasteiger partial charge in [0.1, 0.15) is 0 Å². The number of nitrogens with zero attached hydrogens (tertiary/aromatic N) is 1. The minimum Gasteiger partial charge on any atom is -0.345 e. The second-order valence-corrected chi connectivity index (χ2v) is 7.12. The number of likely N-dealkylation sites (tertiary alicyclic amines) is 1. The van der Waals surface area contributed by atoms with E-state index in [0.717, 1.165) is 12.5 Å². The molecular formula is C17H30N2O2. The summed E-state index contributed by atoms with van der Waals surface area (Å²) >= 11 is 0. The molecule has 1 saturated carbocycles. The Bertz CT molecular complexity index is 379. The van der Waals surface area contributed by atoms with Crippen molar-refractivity contribution in [2.75, 3.05) is 13.1 Å². The summed E-state index contributed by atoms with van der Waals surface area (Å²) in [5.74, 6) is 0.992. The van der Waals surface area contributed by atoms with E-state index < -0.39 is 0 Å². The van der Waals surface area contributed by atoms with Gasteiger partial charge in [0.05, 0.1) is 12.6 Å². The van der Waals surface area contributed by atoms with Crippen molar-refractivity contribution >= 4 is 11.7 Å². The number of Topliss-reactive ketones (excluding diaryl/α,β-unsaturated/α-hetero) is 1. The molecule has 1 saturated heterocycles. The lowest BCUT2D eigenvalue weighted by Crippen LogP contribution is -2.53. The zero-order valence-corrected chi connectivity index (χ0v) is 13.7. The third kappa shape index (κ3) is 4.29. The number of hydrogen-bond acceptors (Lipinski definition) is 3. The highest BCUT2D eigenvalue weighted by atomic mass is 16.2. The molecule has 3 atom stereocenters. The van der Waals surface area contributed by atoms with E-state index in [2.05, 4.69) is 10.2 Å². The average Bonchev–Trinajstić information content (AvgIpc) is 2.44. The SMILES string of the molecule is CC(=O)C(NC(=O)CN1CCC[C@H]2CCCC[C@H]21)C(C)C. The maximum Gasteiger partial charge on any atom is 0.234 e. The topological polar surface area (TPSA) is 49.4 Å². The molecular weight excluding hydrogens is 264 g/mol. The maximum atomic E-state index is 12.3. The zero-order valence-electron chi connectivity index (χ0n) is 13.7. The fourth-order valence-electron chi connectivity index (χ4n) is 4.07. The minimum atomic E-state index is -0.343. The number of rotatable bonds is 5. The fourth-order valence-corrected chi connectivity index (χ4v) is 4.07. The van der Waals surface area contributed by atoms with Gasteiger partial charge in [0.25, 0.3) is 0 Å². The number of amides is 1. The first-order chi connectivity index (χ1) is 9.99. The summed E-state index contributed by atoms with van der Waals surface area (Å²) in [6.07, 6.45) is 7.73. The second-order valence-electron chi connectivity index (χ2n) is 7.12. The lowest BCUT2D eigenvalue weighted by atomic mass is 9.78. The quantitative estimate of drug-likeness (QED) is 0.847. The molecule has 1 unspecified atom stereocenters. The molecule has 0 radical (unpaired) electrons. The van der Waals surface area contributed by atoms with Crippen LogP contribution in [0.15, 0.2) is 0 Å². The summed E-state index contributed by atoms with van der Waals surface area (Å²) < 4.78 is 0. The van der Waals surface area contributed by atoms with Gasteiger partial charge in [0, 0.05) is 6.04 Å². The van der Waals surface area contributed by atoms with Crippen LogP contribution >= 0.6 is 0 Å². The zero-order chi connectivity index (χ0) is 15.4. The molecule has 0 aromatic rings. The molecule has 1 aliphatic heterocycles. The number of fused-ring (bicyclic) bond motifs is 1. The Morgan fingerprint density at radius 2 is 1.81 bits per heavy atom. The highest BCUT2D eigenvalue weighted by molar-refractivity contribution is 5.88. The Labute approximate surface area is 128 Å². The van der Waals surface area contributed by atoms with Crippen LogP contribution in [0.5, 0.6) is 0 Å². The summed E-state index contributed by atoms with van der Waals surface area (Å²) in [5, 5.41) is 2.93. The molecule has 4 nitrogen and oxygen atoms in total. The van der Waals surface area contributed by atoms with Crippen LogP contribution in [0.2, 0.25) is 0 Å². The van der Waals surface area contributed by atoms with E-state index in [0.29, 0.717) is 12.6 Å². The van der Waals surface area contributed by atoms with Gasteiger partial charge in [-0.1, -0.05) is 26.7 Å². The number of carbonyl (C=O) groups excluding carboxylic acids is 2. The van der Waals surface area contributed by atoms with Gasteiger partial charge in [-0.15, -0.1) is 0 Å². The molecule has 0 bridgehead atoms. The molecule has 1 heterocycles. The van der Waals surface area contributed by atoms with Gasteiger partial charge in [-0.05, 0) is 51.0 Å². The highest BCUT2D eigenvalue weighted by Crippen LogP contribution is 2.34. The van der Waals surface area contributed by atoms with Crippen LogP contribution < -0.4 is 5.32 Å². The molecule has 21 heavy (non-hydrogen) atoms. The standard InChI is InChI=1S/C17H30N2O2/c1-12(2)17(13(3)20)18-16(21)11-19-10-6-8-14-7-4-5-9-15(14)19/h12,14-15,17H,4-11H2,1-3H3,(H,18,21)/t14-,15-,17?/m1/s1. The monoisotopic (exact) mass is 294 g/mol. The van der Waals surface area contributed by atoms with Crippen molar-refractivity contribution in [3.63, 3.8) is 0 Å². The molecule has 2 fully saturated rings. The number of hydrogen-bond donors (Lipinski definition) is 1. The number of carbonyl (C=O) groups is 2. The Morgan fingerprint density at radius 1 is 1.14 bits per heavy atom. The lowest BCUT2D eigenvalue weighted by molar-refractivity contribution is -0.129. The maximum absolute atomic E-state index is 12.3. The minimum absolute atomic E-state index is 0.00937. The Kier molecular flexibility index (Phi) is 5.80. The summed E-state index contributed by atoms with van der Waals surface area (Å²) in [5.41, 5.74) is 0. The van der Waals surface area contributed by atoms with Crippen LogP contribution in [0.1, 0.15) is 59.3 Å². The molecule has 120 valence electrons. The van der Waals surface area contributed by atoms with Crippen molar-refractivity contribution in [2.45, 2.75) is 71.4 Å². The number of ketones is 1.